The molecule has 2 aromatic rings. The molecule has 4 rings (SSSR count). The van der Waals surface area contributed by atoms with Crippen LogP contribution in [0.15, 0.2) is 60.7 Å². The molecular weight excluding hydrogens is 336 g/mol. The van der Waals surface area contributed by atoms with E-state index in [1.54, 1.807) is 24.3 Å². The molecule has 0 radical (unpaired) electrons. The normalized spacial score (nSPS) is 14.5. The first-order valence-corrected chi connectivity index (χ1v) is 7.57. The highest BCUT2D eigenvalue weighted by Crippen LogP contribution is 2.32. The molecule has 0 aliphatic heterocycles. The molecule has 0 atom stereocenters. The molecule has 26 heavy (non-hydrogen) atoms. The summed E-state index contributed by atoms with van der Waals surface area (Å²) < 4.78 is 0. The number of fused-ring (bicyclic) bond motifs is 2. The van der Waals surface area contributed by atoms with Crippen LogP contribution in [0.4, 0.5) is 0 Å². The average Bonchev–Trinajstić information content (AvgIpc) is 2.64. The quantitative estimate of drug-likeness (QED) is 0.709. The summed E-state index contributed by atoms with van der Waals surface area (Å²) in [7, 11) is 0. The predicted octanol–water partition coefficient (Wildman–Crippen LogP) is 2.65. The van der Waals surface area contributed by atoms with Gasteiger partial charge in [-0.25, -0.2) is 0 Å². The molecule has 6 heteroatoms. The number of phenolic OH excluding ortho intramolecular Hbond substituents is 2. The lowest BCUT2D eigenvalue weighted by atomic mass is 9.93. The van der Waals surface area contributed by atoms with Gasteiger partial charge in [-0.15, -0.1) is 0 Å². The number of phenols is 2. The fourth-order valence-electron chi connectivity index (χ4n) is 2.64. The molecule has 0 unspecified atom stereocenters. The molecule has 2 aromatic carbocycles. The van der Waals surface area contributed by atoms with Crippen molar-refractivity contribution in [3.8, 4) is 11.5 Å². The van der Waals surface area contributed by atoms with Gasteiger partial charge in [0.25, 0.3) is 0 Å². The van der Waals surface area contributed by atoms with E-state index in [0.29, 0.717) is 11.1 Å². The fraction of sp³-hybridized carbons (Fsp3) is 0. The van der Waals surface area contributed by atoms with Crippen LogP contribution in [0.2, 0.25) is 0 Å². The Bertz CT molecular complexity index is 947. The average molecular weight is 348 g/mol. The van der Waals surface area contributed by atoms with Crippen molar-refractivity contribution in [2.75, 3.05) is 0 Å². The Morgan fingerprint density at radius 2 is 0.846 bits per heavy atom. The molecule has 0 heterocycles. The van der Waals surface area contributed by atoms with Crippen LogP contribution >= 0.6 is 0 Å². The van der Waals surface area contributed by atoms with Gasteiger partial charge in [-0.2, -0.15) is 0 Å². The second-order valence-corrected chi connectivity index (χ2v) is 5.52. The minimum Gasteiger partial charge on any atom is -0.507 e. The zero-order chi connectivity index (χ0) is 18.8. The largest absolute Gasteiger partial charge is 0.507 e. The summed E-state index contributed by atoms with van der Waals surface area (Å²) in [4.78, 5) is 45.0. The van der Waals surface area contributed by atoms with Gasteiger partial charge >= 0.3 is 0 Å². The summed E-state index contributed by atoms with van der Waals surface area (Å²) in [5, 5.41) is 18.7. The van der Waals surface area contributed by atoms with Crippen LogP contribution in [0, 0.1) is 0 Å². The van der Waals surface area contributed by atoms with Gasteiger partial charge in [0.1, 0.15) is 11.5 Å². The van der Waals surface area contributed by atoms with Gasteiger partial charge in [-0.05, 0) is 36.4 Å². The molecule has 2 aliphatic rings. The summed E-state index contributed by atoms with van der Waals surface area (Å²) in [5.41, 5.74) is 0.755. The van der Waals surface area contributed by atoms with Crippen molar-refractivity contribution < 1.29 is 29.4 Å². The van der Waals surface area contributed by atoms with Gasteiger partial charge < -0.3 is 10.2 Å². The van der Waals surface area contributed by atoms with Crippen LogP contribution in [0.5, 0.6) is 11.5 Å². The van der Waals surface area contributed by atoms with Crippen molar-refractivity contribution >= 4 is 23.1 Å². The first-order valence-electron chi connectivity index (χ1n) is 7.57. The van der Waals surface area contributed by atoms with Gasteiger partial charge in [0.05, 0.1) is 11.1 Å². The Morgan fingerprint density at radius 3 is 1.23 bits per heavy atom. The van der Waals surface area contributed by atoms with E-state index in [2.05, 4.69) is 0 Å². The predicted molar refractivity (Wildman–Crippen MR) is 91.8 cm³/mol. The summed E-state index contributed by atoms with van der Waals surface area (Å²) in [6.45, 7) is 0. The third kappa shape index (κ3) is 2.95. The van der Waals surface area contributed by atoms with E-state index in [-0.39, 0.29) is 34.2 Å². The Kier molecular flexibility index (Phi) is 4.33. The highest BCUT2D eigenvalue weighted by molar-refractivity contribution is 6.24. The van der Waals surface area contributed by atoms with E-state index in [0.717, 1.165) is 12.2 Å². The third-order valence-corrected chi connectivity index (χ3v) is 3.88. The zero-order valence-corrected chi connectivity index (χ0v) is 13.3. The smallest absolute Gasteiger partial charge is 0.190 e. The molecule has 0 saturated carbocycles. The van der Waals surface area contributed by atoms with Gasteiger partial charge in [0.2, 0.25) is 0 Å². The van der Waals surface area contributed by atoms with E-state index in [4.69, 9.17) is 0 Å². The molecule has 0 saturated heterocycles. The summed E-state index contributed by atoms with van der Waals surface area (Å²) >= 11 is 0. The van der Waals surface area contributed by atoms with Gasteiger partial charge in [0, 0.05) is 11.1 Å². The molecule has 0 fully saturated rings. The van der Waals surface area contributed by atoms with E-state index < -0.39 is 11.6 Å². The van der Waals surface area contributed by atoms with Crippen LogP contribution in [-0.2, 0) is 0 Å². The molecule has 0 aromatic heterocycles. The van der Waals surface area contributed by atoms with E-state index in [1.807, 2.05) is 0 Å². The summed E-state index contributed by atoms with van der Waals surface area (Å²) in [5.74, 6) is -1.72. The lowest BCUT2D eigenvalue weighted by Gasteiger charge is -2.11. The lowest BCUT2D eigenvalue weighted by Crippen LogP contribution is -2.11. The van der Waals surface area contributed by atoms with Crippen molar-refractivity contribution in [3.05, 3.63) is 83.0 Å². The van der Waals surface area contributed by atoms with E-state index >= 15 is 0 Å². The minimum atomic E-state index is -0.479. The summed E-state index contributed by atoms with van der Waals surface area (Å²) in [6, 6.07) is 9.20. The lowest BCUT2D eigenvalue weighted by molar-refractivity contribution is 0.0989. The number of carbonyl (C=O) groups is 4. The second-order valence-electron chi connectivity index (χ2n) is 5.52. The molecule has 0 bridgehead atoms. The maximum absolute atomic E-state index is 11.3. The van der Waals surface area contributed by atoms with Crippen LogP contribution in [-0.4, -0.2) is 33.3 Å². The Labute approximate surface area is 147 Å². The van der Waals surface area contributed by atoms with Crippen LogP contribution < -0.4 is 0 Å². The van der Waals surface area contributed by atoms with Crippen molar-refractivity contribution in [2.45, 2.75) is 0 Å². The number of carbonyl (C=O) groups excluding carboxylic acids is 4. The number of ketones is 4. The number of aromatic hydroxyl groups is 2. The maximum Gasteiger partial charge on any atom is 0.190 e. The highest BCUT2D eigenvalue weighted by atomic mass is 16.3. The summed E-state index contributed by atoms with van der Waals surface area (Å²) in [6.07, 6.45) is 4.77. The number of hydrogen-bond donors (Lipinski definition) is 2. The van der Waals surface area contributed by atoms with Gasteiger partial charge in [-0.3, -0.25) is 19.2 Å². The van der Waals surface area contributed by atoms with Crippen molar-refractivity contribution in [3.63, 3.8) is 0 Å². The van der Waals surface area contributed by atoms with Crippen molar-refractivity contribution in [2.24, 2.45) is 0 Å². The minimum absolute atomic E-state index is 0.0924. The number of benzene rings is 2. The van der Waals surface area contributed by atoms with Gasteiger partial charge in [0.15, 0.2) is 23.1 Å². The number of rotatable bonds is 0. The monoisotopic (exact) mass is 348 g/mol. The Morgan fingerprint density at radius 1 is 0.500 bits per heavy atom. The van der Waals surface area contributed by atoms with Crippen LogP contribution in [0.3, 0.4) is 0 Å². The molecule has 0 amide bonds. The van der Waals surface area contributed by atoms with Crippen molar-refractivity contribution in [1.29, 1.82) is 0 Å². The first kappa shape index (κ1) is 17.0. The van der Waals surface area contributed by atoms with Crippen molar-refractivity contribution in [1.82, 2.24) is 0 Å². The standard InChI is InChI=1S/C10H6O4.C10H6O2/c11-5-1-2-6(12)10-8(14)4-3-7(13)9(5)10;11-9-5-6-10(12)8-4-2-1-3-7(8)9/h1-4,11-12H;1-6H. The Hall–Kier alpha value is -3.80. The molecular formula is C20H12O6. The van der Waals surface area contributed by atoms with E-state index in [9.17, 15) is 29.4 Å². The molecule has 128 valence electrons. The van der Waals surface area contributed by atoms with Crippen LogP contribution in [0.1, 0.15) is 41.4 Å². The SMILES string of the molecule is O=C1C=CC(=O)c2c(O)ccc(O)c21.O=C1C=CC(=O)c2ccccc21. The third-order valence-electron chi connectivity index (χ3n) is 3.88. The number of hydrogen-bond acceptors (Lipinski definition) is 6. The first-order chi connectivity index (χ1) is 12.4. The molecule has 0 spiro atoms. The number of allylic oxidation sites excluding steroid dienone is 4. The topological polar surface area (TPSA) is 109 Å². The van der Waals surface area contributed by atoms with Crippen LogP contribution in [0.25, 0.3) is 0 Å². The van der Waals surface area contributed by atoms with E-state index in [1.165, 1.54) is 24.3 Å². The molecule has 6 nitrogen and oxygen atoms in total. The fourth-order valence-corrected chi connectivity index (χ4v) is 2.64. The second kappa shape index (κ2) is 6.60. The Balaban J connectivity index is 0.000000152. The van der Waals surface area contributed by atoms with Gasteiger partial charge in [-0.1, -0.05) is 24.3 Å². The molecule has 2 aliphatic carbocycles. The zero-order valence-electron chi connectivity index (χ0n) is 13.3. The molecule has 2 N–H and O–H groups in total. The maximum atomic E-state index is 11.3. The highest BCUT2D eigenvalue weighted by Gasteiger charge is 2.25.